The first-order valence-electron chi connectivity index (χ1n) is 10.0. The molecule has 1 aromatic carbocycles. The molecule has 1 aliphatic rings. The Balaban J connectivity index is 2.41. The van der Waals surface area contributed by atoms with Gasteiger partial charge in [0, 0.05) is 19.6 Å². The van der Waals surface area contributed by atoms with Gasteiger partial charge >= 0.3 is 0 Å². The molecule has 0 saturated carbocycles. The van der Waals surface area contributed by atoms with Gasteiger partial charge < -0.3 is 24.2 Å². The highest BCUT2D eigenvalue weighted by molar-refractivity contribution is 6.08. The Morgan fingerprint density at radius 2 is 1.97 bits per heavy atom. The lowest BCUT2D eigenvalue weighted by Crippen LogP contribution is -2.32. The molecule has 1 atom stereocenters. The third kappa shape index (κ3) is 5.09. The van der Waals surface area contributed by atoms with E-state index in [1.54, 1.807) is 32.2 Å². The molecule has 29 heavy (non-hydrogen) atoms. The van der Waals surface area contributed by atoms with E-state index in [9.17, 15) is 14.7 Å². The first-order chi connectivity index (χ1) is 13.8. The molecule has 0 spiro atoms. The average Bonchev–Trinajstić information content (AvgIpc) is 2.95. The molecular formula is C22H31NO6. The molecule has 0 aromatic heterocycles. The number of hydrogen-bond donors (Lipinski definition) is 1. The summed E-state index contributed by atoms with van der Waals surface area (Å²) in [6.45, 7) is 8.76. The van der Waals surface area contributed by atoms with Crippen molar-refractivity contribution in [3.63, 3.8) is 0 Å². The molecule has 0 fully saturated rings. The average molecular weight is 405 g/mol. The van der Waals surface area contributed by atoms with Crippen molar-refractivity contribution in [1.82, 2.24) is 4.90 Å². The van der Waals surface area contributed by atoms with Crippen molar-refractivity contribution in [2.45, 2.75) is 52.7 Å². The van der Waals surface area contributed by atoms with Crippen molar-refractivity contribution in [2.24, 2.45) is 0 Å². The van der Waals surface area contributed by atoms with Crippen molar-refractivity contribution < 1.29 is 28.9 Å². The molecule has 0 aliphatic carbocycles. The van der Waals surface area contributed by atoms with Crippen LogP contribution in [0.2, 0.25) is 0 Å². The van der Waals surface area contributed by atoms with Gasteiger partial charge in [0.15, 0.2) is 23.0 Å². The number of aliphatic hydroxyl groups excluding tert-OH is 1. The fourth-order valence-corrected chi connectivity index (χ4v) is 3.39. The number of nitrogens with zero attached hydrogens (tertiary/aromatic N) is 1. The third-order valence-corrected chi connectivity index (χ3v) is 4.72. The van der Waals surface area contributed by atoms with Gasteiger partial charge in [-0.25, -0.2) is 0 Å². The summed E-state index contributed by atoms with van der Waals surface area (Å²) in [6.07, 6.45) is 0.886. The quantitative estimate of drug-likeness (QED) is 0.567. The highest BCUT2D eigenvalue weighted by atomic mass is 16.5. The van der Waals surface area contributed by atoms with Crippen molar-refractivity contribution in [3.8, 4) is 11.5 Å². The lowest BCUT2D eigenvalue weighted by atomic mass is 9.94. The predicted octanol–water partition coefficient (Wildman–Crippen LogP) is 3.58. The molecule has 1 heterocycles. The van der Waals surface area contributed by atoms with Gasteiger partial charge in [0.25, 0.3) is 5.91 Å². The zero-order chi connectivity index (χ0) is 21.6. The number of ketones is 1. The normalized spacial score (nSPS) is 16.7. The summed E-state index contributed by atoms with van der Waals surface area (Å²) in [5.41, 5.74) is 0.822. The number of benzene rings is 1. The summed E-state index contributed by atoms with van der Waals surface area (Å²) in [5, 5.41) is 10.5. The van der Waals surface area contributed by atoms with Crippen molar-refractivity contribution in [2.75, 3.05) is 26.9 Å². The van der Waals surface area contributed by atoms with Crippen molar-refractivity contribution in [3.05, 3.63) is 35.1 Å². The Bertz CT molecular complexity index is 771. The van der Waals surface area contributed by atoms with E-state index in [1.165, 1.54) is 4.90 Å². The highest BCUT2D eigenvalue weighted by Crippen LogP contribution is 2.41. The second-order valence-electron chi connectivity index (χ2n) is 7.06. The van der Waals surface area contributed by atoms with Gasteiger partial charge in [-0.05, 0) is 44.9 Å². The molecular weight excluding hydrogens is 374 g/mol. The van der Waals surface area contributed by atoms with Crippen LogP contribution in [0.25, 0.3) is 0 Å². The fraction of sp³-hybridized carbons (Fsp3) is 0.545. The zero-order valence-corrected chi connectivity index (χ0v) is 17.9. The van der Waals surface area contributed by atoms with E-state index < -0.39 is 17.7 Å². The van der Waals surface area contributed by atoms with E-state index in [0.717, 1.165) is 0 Å². The fourth-order valence-electron chi connectivity index (χ4n) is 3.39. The first-order valence-corrected chi connectivity index (χ1v) is 10.0. The lowest BCUT2D eigenvalue weighted by Gasteiger charge is -2.27. The molecule has 0 radical (unpaired) electrons. The van der Waals surface area contributed by atoms with Gasteiger partial charge in [0.2, 0.25) is 0 Å². The number of hydrogen-bond acceptors (Lipinski definition) is 6. The molecule has 0 bridgehead atoms. The molecule has 1 aromatic rings. The Kier molecular flexibility index (Phi) is 8.08. The smallest absolute Gasteiger partial charge is 0.290 e. The minimum atomic E-state index is -0.667. The van der Waals surface area contributed by atoms with Crippen LogP contribution in [0.3, 0.4) is 0 Å². The topological polar surface area (TPSA) is 85.3 Å². The number of amides is 1. The van der Waals surface area contributed by atoms with Crippen LogP contribution in [0.5, 0.6) is 11.5 Å². The highest BCUT2D eigenvalue weighted by Gasteiger charge is 2.42. The predicted molar refractivity (Wildman–Crippen MR) is 109 cm³/mol. The van der Waals surface area contributed by atoms with E-state index in [-0.39, 0.29) is 23.9 Å². The molecule has 2 rings (SSSR count). The molecule has 1 N–H and O–H groups in total. The van der Waals surface area contributed by atoms with Gasteiger partial charge in [-0.1, -0.05) is 13.0 Å². The van der Waals surface area contributed by atoms with E-state index in [1.807, 2.05) is 20.8 Å². The largest absolute Gasteiger partial charge is 0.503 e. The van der Waals surface area contributed by atoms with E-state index in [0.29, 0.717) is 43.2 Å². The summed E-state index contributed by atoms with van der Waals surface area (Å²) in [4.78, 5) is 26.9. The minimum Gasteiger partial charge on any atom is -0.503 e. The Labute approximate surface area is 172 Å². The minimum absolute atomic E-state index is 0.0965. The molecule has 0 saturated heterocycles. The maximum Gasteiger partial charge on any atom is 0.290 e. The summed E-state index contributed by atoms with van der Waals surface area (Å²) in [7, 11) is 1.55. The molecule has 160 valence electrons. The van der Waals surface area contributed by atoms with Crippen molar-refractivity contribution in [1.29, 1.82) is 0 Å². The lowest BCUT2D eigenvalue weighted by molar-refractivity contribution is -0.129. The number of carbonyl (C=O) groups is 2. The number of carbonyl (C=O) groups excluding carboxylic acids is 2. The van der Waals surface area contributed by atoms with Gasteiger partial charge in [-0.2, -0.15) is 0 Å². The van der Waals surface area contributed by atoms with Gasteiger partial charge in [0.1, 0.15) is 0 Å². The van der Waals surface area contributed by atoms with E-state index in [2.05, 4.69) is 0 Å². The van der Waals surface area contributed by atoms with Crippen LogP contribution in [-0.4, -0.2) is 54.7 Å². The van der Waals surface area contributed by atoms with Gasteiger partial charge in [0.05, 0.1) is 31.4 Å². The number of ether oxygens (including phenoxy) is 3. The van der Waals surface area contributed by atoms with E-state index in [4.69, 9.17) is 14.2 Å². The summed E-state index contributed by atoms with van der Waals surface area (Å²) in [6, 6.07) is 4.63. The van der Waals surface area contributed by atoms with Crippen LogP contribution in [0.4, 0.5) is 0 Å². The summed E-state index contributed by atoms with van der Waals surface area (Å²) >= 11 is 0. The molecule has 7 heteroatoms. The van der Waals surface area contributed by atoms with Gasteiger partial charge in [-0.15, -0.1) is 0 Å². The summed E-state index contributed by atoms with van der Waals surface area (Å²) in [5.74, 6) is -0.174. The van der Waals surface area contributed by atoms with Crippen LogP contribution in [0.1, 0.15) is 52.1 Å². The number of methoxy groups -OCH3 is 1. The van der Waals surface area contributed by atoms with Crippen LogP contribution < -0.4 is 9.47 Å². The zero-order valence-electron chi connectivity index (χ0n) is 17.9. The third-order valence-electron chi connectivity index (χ3n) is 4.72. The Morgan fingerprint density at radius 3 is 2.55 bits per heavy atom. The summed E-state index contributed by atoms with van der Waals surface area (Å²) < 4.78 is 16.5. The Hall–Kier alpha value is -2.54. The first kappa shape index (κ1) is 22.7. The van der Waals surface area contributed by atoms with Crippen LogP contribution >= 0.6 is 0 Å². The molecule has 1 amide bonds. The van der Waals surface area contributed by atoms with Crippen LogP contribution in [0, 0.1) is 0 Å². The molecule has 1 aliphatic heterocycles. The number of Topliss-reactive ketones (excluding diaryl/α,β-unsaturated/α-hetero) is 1. The standard InChI is InChI=1S/C22H31NO6/c1-6-16(24)19-20(15-9-10-17(27-5)18(13-15)28-7-2)23(22(26)21(19)25)11-8-12-29-14(3)4/h9-10,13-14,20,25H,6-8,11-12H2,1-5H3. The molecule has 7 nitrogen and oxygen atoms in total. The monoisotopic (exact) mass is 405 g/mol. The SMILES string of the molecule is CCOc1cc(C2C(C(=O)CC)=C(O)C(=O)N2CCCOC(C)C)ccc1OC. The number of aliphatic hydroxyl groups is 1. The maximum atomic E-state index is 12.8. The van der Waals surface area contributed by atoms with Crippen LogP contribution in [0.15, 0.2) is 29.5 Å². The second-order valence-corrected chi connectivity index (χ2v) is 7.06. The second kappa shape index (κ2) is 10.3. The number of rotatable bonds is 11. The van der Waals surface area contributed by atoms with Crippen LogP contribution in [-0.2, 0) is 14.3 Å². The van der Waals surface area contributed by atoms with E-state index >= 15 is 0 Å². The maximum absolute atomic E-state index is 12.8. The van der Waals surface area contributed by atoms with Crippen molar-refractivity contribution >= 4 is 11.7 Å². The Morgan fingerprint density at radius 1 is 1.24 bits per heavy atom. The molecule has 1 unspecified atom stereocenters. The van der Waals surface area contributed by atoms with Gasteiger partial charge in [-0.3, -0.25) is 9.59 Å².